The molecule has 3 atom stereocenters. The van der Waals surface area contributed by atoms with Gasteiger partial charge in [0, 0.05) is 12.5 Å². The molecule has 1 aliphatic heterocycles. The summed E-state index contributed by atoms with van der Waals surface area (Å²) in [6.07, 6.45) is 4.36. The fourth-order valence-corrected chi connectivity index (χ4v) is 2.49. The molecule has 2 fully saturated rings. The molecule has 0 bridgehead atoms. The first-order valence-electron chi connectivity index (χ1n) is 4.91. The third-order valence-corrected chi connectivity index (χ3v) is 3.07. The number of carbonyl (C=O) groups is 1. The van der Waals surface area contributed by atoms with Gasteiger partial charge in [-0.15, -0.1) is 0 Å². The van der Waals surface area contributed by atoms with E-state index < -0.39 is 6.16 Å². The predicted molar refractivity (Wildman–Crippen MR) is 46.4 cm³/mol. The number of ether oxygens (including phenoxy) is 1. The number of fused-ring (bicyclic) bond motifs is 1. The number of hydrogen-bond donors (Lipinski definition) is 2. The van der Waals surface area contributed by atoms with Gasteiger partial charge in [-0.05, 0) is 18.8 Å². The van der Waals surface area contributed by atoms with Crippen molar-refractivity contribution in [3.05, 3.63) is 0 Å². The zero-order chi connectivity index (χ0) is 9.26. The second-order valence-corrected chi connectivity index (χ2v) is 3.93. The lowest BCUT2D eigenvalue weighted by atomic mass is 9.85. The van der Waals surface area contributed by atoms with Crippen molar-refractivity contribution < 1.29 is 14.6 Å². The Hall–Kier alpha value is -0.770. The van der Waals surface area contributed by atoms with Crippen LogP contribution in [0.1, 0.15) is 32.1 Å². The van der Waals surface area contributed by atoms with E-state index in [1.54, 1.807) is 0 Å². The third-order valence-electron chi connectivity index (χ3n) is 3.07. The molecule has 0 aromatic rings. The summed E-state index contributed by atoms with van der Waals surface area (Å²) in [5.41, 5.74) is 0. The molecule has 13 heavy (non-hydrogen) atoms. The van der Waals surface area contributed by atoms with E-state index in [-0.39, 0.29) is 6.23 Å². The van der Waals surface area contributed by atoms with E-state index >= 15 is 0 Å². The second-order valence-electron chi connectivity index (χ2n) is 3.93. The number of hydrogen-bond acceptors (Lipinski definition) is 3. The predicted octanol–water partition coefficient (Wildman–Crippen LogP) is 1.56. The Morgan fingerprint density at radius 1 is 1.38 bits per heavy atom. The minimum Gasteiger partial charge on any atom is -0.450 e. The molecule has 0 radical (unpaired) electrons. The maximum Gasteiger partial charge on any atom is 0.507 e. The minimum atomic E-state index is -1.17. The molecule has 1 saturated carbocycles. The first-order valence-corrected chi connectivity index (χ1v) is 4.91. The Labute approximate surface area is 77.3 Å². The Balaban J connectivity index is 1.87. The summed E-state index contributed by atoms with van der Waals surface area (Å²) in [5, 5.41) is 11.7. The van der Waals surface area contributed by atoms with Gasteiger partial charge in [0.25, 0.3) is 0 Å². The summed E-state index contributed by atoms with van der Waals surface area (Å²) in [6, 6.07) is 0.498. The zero-order valence-electron chi connectivity index (χ0n) is 7.53. The van der Waals surface area contributed by atoms with Gasteiger partial charge < -0.3 is 9.84 Å². The molecule has 2 rings (SSSR count). The fourth-order valence-electron chi connectivity index (χ4n) is 2.49. The normalized spacial score (nSPS) is 38.3. The van der Waals surface area contributed by atoms with Crippen LogP contribution >= 0.6 is 0 Å². The number of carboxylic acid groups (broad SMARTS) is 1. The van der Waals surface area contributed by atoms with E-state index in [2.05, 4.69) is 5.32 Å². The smallest absolute Gasteiger partial charge is 0.450 e. The highest BCUT2D eigenvalue weighted by Crippen LogP contribution is 2.33. The summed E-state index contributed by atoms with van der Waals surface area (Å²) >= 11 is 0. The summed E-state index contributed by atoms with van der Waals surface area (Å²) in [5.74, 6) is 0.637. The average molecular weight is 185 g/mol. The number of nitrogens with one attached hydrogen (secondary N) is 1. The lowest BCUT2D eigenvalue weighted by molar-refractivity contribution is 0.0430. The molecule has 1 heterocycles. The molecular formula is C9H15NO3. The molecule has 4 nitrogen and oxygen atoms in total. The van der Waals surface area contributed by atoms with E-state index in [4.69, 9.17) is 9.84 Å². The highest BCUT2D eigenvalue weighted by molar-refractivity contribution is 5.57. The van der Waals surface area contributed by atoms with Crippen molar-refractivity contribution in [3.8, 4) is 0 Å². The standard InChI is InChI=1S/C9H15NO3/c11-9(12)13-8-5-6-3-1-2-4-7(6)10-8/h6-8,10H,1-5H2,(H,11,12)/t6-,7+,8-/m0/s1. The summed E-state index contributed by atoms with van der Waals surface area (Å²) in [4.78, 5) is 10.3. The lowest BCUT2D eigenvalue weighted by Gasteiger charge is -2.23. The van der Waals surface area contributed by atoms with Crippen molar-refractivity contribution in [3.63, 3.8) is 0 Å². The minimum absolute atomic E-state index is 0.259. The SMILES string of the molecule is O=C(O)O[C@H]1C[C@@H]2CCCC[C@H]2N1. The second kappa shape index (κ2) is 3.54. The van der Waals surface area contributed by atoms with Crippen LogP contribution in [0.15, 0.2) is 0 Å². The average Bonchev–Trinajstić information content (AvgIpc) is 2.44. The quantitative estimate of drug-likeness (QED) is 0.609. The van der Waals surface area contributed by atoms with Crippen molar-refractivity contribution in [2.75, 3.05) is 0 Å². The molecule has 2 N–H and O–H groups in total. The highest BCUT2D eigenvalue weighted by atomic mass is 16.7. The summed E-state index contributed by atoms with van der Waals surface area (Å²) in [7, 11) is 0. The topological polar surface area (TPSA) is 58.6 Å². The lowest BCUT2D eigenvalue weighted by Crippen LogP contribution is -2.35. The molecular weight excluding hydrogens is 170 g/mol. The molecule has 0 unspecified atom stereocenters. The molecule has 1 saturated heterocycles. The Kier molecular flexibility index (Phi) is 2.40. The van der Waals surface area contributed by atoms with E-state index in [0.29, 0.717) is 12.0 Å². The molecule has 0 spiro atoms. The zero-order valence-corrected chi connectivity index (χ0v) is 7.53. The molecule has 1 aliphatic carbocycles. The van der Waals surface area contributed by atoms with E-state index in [9.17, 15) is 4.79 Å². The maximum atomic E-state index is 10.3. The van der Waals surface area contributed by atoms with Gasteiger partial charge in [-0.3, -0.25) is 5.32 Å². The van der Waals surface area contributed by atoms with Gasteiger partial charge in [0.1, 0.15) is 0 Å². The molecule has 0 aromatic heterocycles. The van der Waals surface area contributed by atoms with Gasteiger partial charge in [-0.25, -0.2) is 4.79 Å². The highest BCUT2D eigenvalue weighted by Gasteiger charge is 2.36. The van der Waals surface area contributed by atoms with Crippen LogP contribution in [-0.2, 0) is 4.74 Å². The Morgan fingerprint density at radius 3 is 2.85 bits per heavy atom. The third kappa shape index (κ3) is 1.94. The maximum absolute atomic E-state index is 10.3. The van der Waals surface area contributed by atoms with E-state index in [0.717, 1.165) is 6.42 Å². The molecule has 4 heteroatoms. The summed E-state index contributed by atoms with van der Waals surface area (Å²) < 4.78 is 4.71. The van der Waals surface area contributed by atoms with Gasteiger partial charge in [-0.1, -0.05) is 12.8 Å². The Morgan fingerprint density at radius 2 is 2.15 bits per heavy atom. The molecule has 2 aliphatic rings. The van der Waals surface area contributed by atoms with Crippen LogP contribution in [0.25, 0.3) is 0 Å². The van der Waals surface area contributed by atoms with Crippen LogP contribution in [0.3, 0.4) is 0 Å². The van der Waals surface area contributed by atoms with Gasteiger partial charge in [0.2, 0.25) is 0 Å². The van der Waals surface area contributed by atoms with Crippen LogP contribution in [0.4, 0.5) is 4.79 Å². The van der Waals surface area contributed by atoms with Crippen molar-refractivity contribution in [1.29, 1.82) is 0 Å². The van der Waals surface area contributed by atoms with Crippen LogP contribution in [0.5, 0.6) is 0 Å². The van der Waals surface area contributed by atoms with Crippen molar-refractivity contribution in [2.24, 2.45) is 5.92 Å². The molecule has 74 valence electrons. The van der Waals surface area contributed by atoms with E-state index in [1.807, 2.05) is 0 Å². The number of rotatable bonds is 1. The first-order chi connectivity index (χ1) is 6.25. The van der Waals surface area contributed by atoms with Crippen molar-refractivity contribution in [2.45, 2.75) is 44.4 Å². The monoisotopic (exact) mass is 185 g/mol. The first kappa shape index (κ1) is 8.81. The van der Waals surface area contributed by atoms with E-state index in [1.165, 1.54) is 25.7 Å². The van der Waals surface area contributed by atoms with Crippen molar-refractivity contribution >= 4 is 6.16 Å². The van der Waals surface area contributed by atoms with Gasteiger partial charge in [-0.2, -0.15) is 0 Å². The van der Waals surface area contributed by atoms with Crippen LogP contribution in [-0.4, -0.2) is 23.5 Å². The largest absolute Gasteiger partial charge is 0.507 e. The van der Waals surface area contributed by atoms with Gasteiger partial charge in [0.15, 0.2) is 6.23 Å². The fraction of sp³-hybridized carbons (Fsp3) is 0.889. The van der Waals surface area contributed by atoms with Crippen LogP contribution < -0.4 is 5.32 Å². The van der Waals surface area contributed by atoms with Crippen LogP contribution in [0, 0.1) is 5.92 Å². The van der Waals surface area contributed by atoms with Gasteiger partial charge >= 0.3 is 6.16 Å². The molecule has 0 amide bonds. The van der Waals surface area contributed by atoms with Crippen molar-refractivity contribution in [1.82, 2.24) is 5.32 Å². The summed E-state index contributed by atoms with van der Waals surface area (Å²) in [6.45, 7) is 0. The van der Waals surface area contributed by atoms with Gasteiger partial charge in [0.05, 0.1) is 0 Å². The Bertz CT molecular complexity index is 193. The molecule has 0 aromatic carbocycles. The van der Waals surface area contributed by atoms with Crippen LogP contribution in [0.2, 0.25) is 0 Å².